The Morgan fingerprint density at radius 2 is 1.63 bits per heavy atom. The van der Waals surface area contributed by atoms with Gasteiger partial charge in [0.2, 0.25) is 15.9 Å². The number of carbonyl (C=O) groups excluding carboxylic acids is 1. The number of nitrogens with zero attached hydrogens (tertiary/aromatic N) is 1. The summed E-state index contributed by atoms with van der Waals surface area (Å²) in [7, 11) is -3.50. The summed E-state index contributed by atoms with van der Waals surface area (Å²) < 4.78 is 26.4. The van der Waals surface area contributed by atoms with Crippen molar-refractivity contribution in [1.82, 2.24) is 4.31 Å². The van der Waals surface area contributed by atoms with Crippen molar-refractivity contribution in [3.63, 3.8) is 0 Å². The van der Waals surface area contributed by atoms with Gasteiger partial charge in [-0.05, 0) is 55.5 Å². The molecule has 1 amide bonds. The molecule has 0 aliphatic rings. The lowest BCUT2D eigenvalue weighted by Crippen LogP contribution is -2.30. The number of halogens is 1. The van der Waals surface area contributed by atoms with E-state index in [2.05, 4.69) is 5.32 Å². The Bertz CT molecular complexity index is 865. The van der Waals surface area contributed by atoms with Crippen molar-refractivity contribution in [2.24, 2.45) is 0 Å². The third-order valence-electron chi connectivity index (χ3n) is 3.96. The molecule has 0 saturated carbocycles. The number of hydrogen-bond donors (Lipinski definition) is 1. The van der Waals surface area contributed by atoms with Crippen molar-refractivity contribution >= 4 is 45.0 Å². The smallest absolute Gasteiger partial charge is 0.243 e. The summed E-state index contributed by atoms with van der Waals surface area (Å²) in [5, 5.41) is 3.15. The normalized spacial score (nSPS) is 12.8. The van der Waals surface area contributed by atoms with Crippen LogP contribution in [0.5, 0.6) is 0 Å². The molecule has 2 aromatic carbocycles. The molecular formula is C19H23ClN2O3S2. The van der Waals surface area contributed by atoms with Crippen molar-refractivity contribution in [3.8, 4) is 0 Å². The van der Waals surface area contributed by atoms with E-state index in [0.717, 1.165) is 4.90 Å². The summed E-state index contributed by atoms with van der Waals surface area (Å²) in [6.45, 7) is 6.24. The summed E-state index contributed by atoms with van der Waals surface area (Å²) >= 11 is 7.29. The zero-order chi connectivity index (χ0) is 20.0. The predicted octanol–water partition coefficient (Wildman–Crippen LogP) is 4.49. The molecule has 0 aromatic heterocycles. The molecule has 0 bridgehead atoms. The van der Waals surface area contributed by atoms with Crippen LogP contribution >= 0.6 is 23.4 Å². The average molecular weight is 427 g/mol. The Kier molecular flexibility index (Phi) is 7.73. The first-order valence-corrected chi connectivity index (χ1v) is 11.3. The Morgan fingerprint density at radius 3 is 2.15 bits per heavy atom. The molecule has 8 heteroatoms. The SMILES string of the molecule is CCN(CC)S(=O)(=O)c1ccc(NC(=O)C(C)Sc2ccc(Cl)cc2)cc1. The summed E-state index contributed by atoms with van der Waals surface area (Å²) in [5.74, 6) is -0.158. The van der Waals surface area contributed by atoms with Gasteiger partial charge in [0.05, 0.1) is 10.1 Å². The van der Waals surface area contributed by atoms with Crippen molar-refractivity contribution in [1.29, 1.82) is 0 Å². The van der Waals surface area contributed by atoms with Crippen LogP contribution in [0, 0.1) is 0 Å². The minimum absolute atomic E-state index is 0.158. The van der Waals surface area contributed by atoms with Gasteiger partial charge >= 0.3 is 0 Å². The molecule has 0 saturated heterocycles. The van der Waals surface area contributed by atoms with E-state index in [1.54, 1.807) is 38.1 Å². The number of rotatable bonds is 8. The van der Waals surface area contributed by atoms with Gasteiger partial charge in [0, 0.05) is 28.7 Å². The molecule has 1 atom stereocenters. The number of anilines is 1. The van der Waals surface area contributed by atoms with Crippen LogP contribution in [0.15, 0.2) is 58.3 Å². The molecule has 0 spiro atoms. The maximum atomic E-state index is 12.5. The van der Waals surface area contributed by atoms with Gasteiger partial charge in [-0.25, -0.2) is 8.42 Å². The second-order valence-corrected chi connectivity index (χ2v) is 9.61. The number of hydrogen-bond acceptors (Lipinski definition) is 4. The van der Waals surface area contributed by atoms with Gasteiger partial charge in [0.25, 0.3) is 0 Å². The second kappa shape index (κ2) is 9.59. The van der Waals surface area contributed by atoms with Crippen LogP contribution < -0.4 is 5.32 Å². The maximum absolute atomic E-state index is 12.5. The molecule has 27 heavy (non-hydrogen) atoms. The molecule has 5 nitrogen and oxygen atoms in total. The zero-order valence-electron chi connectivity index (χ0n) is 15.5. The summed E-state index contributed by atoms with van der Waals surface area (Å²) in [6, 6.07) is 13.5. The predicted molar refractivity (Wildman–Crippen MR) is 112 cm³/mol. The van der Waals surface area contributed by atoms with Crippen LogP contribution in [0.3, 0.4) is 0 Å². The molecule has 0 aliphatic carbocycles. The van der Waals surface area contributed by atoms with E-state index in [9.17, 15) is 13.2 Å². The highest BCUT2D eigenvalue weighted by atomic mass is 35.5. The first-order valence-electron chi connectivity index (χ1n) is 8.61. The van der Waals surface area contributed by atoms with Crippen molar-refractivity contribution in [3.05, 3.63) is 53.6 Å². The van der Waals surface area contributed by atoms with Crippen LogP contribution in [0.4, 0.5) is 5.69 Å². The Labute approximate surface area is 170 Å². The topological polar surface area (TPSA) is 66.5 Å². The van der Waals surface area contributed by atoms with E-state index < -0.39 is 10.0 Å². The number of benzene rings is 2. The molecule has 146 valence electrons. The fourth-order valence-electron chi connectivity index (χ4n) is 2.44. The van der Waals surface area contributed by atoms with Crippen molar-refractivity contribution in [2.75, 3.05) is 18.4 Å². The highest BCUT2D eigenvalue weighted by Gasteiger charge is 2.21. The van der Waals surface area contributed by atoms with E-state index in [1.807, 2.05) is 19.1 Å². The Balaban J connectivity index is 2.03. The van der Waals surface area contributed by atoms with Gasteiger partial charge in [-0.15, -0.1) is 11.8 Å². The third kappa shape index (κ3) is 5.72. The first-order chi connectivity index (χ1) is 12.8. The van der Waals surface area contributed by atoms with E-state index in [-0.39, 0.29) is 16.1 Å². The van der Waals surface area contributed by atoms with E-state index in [1.165, 1.54) is 28.2 Å². The van der Waals surface area contributed by atoms with Gasteiger partial charge < -0.3 is 5.32 Å². The third-order valence-corrected chi connectivity index (χ3v) is 7.39. The van der Waals surface area contributed by atoms with Crippen LogP contribution in [0.25, 0.3) is 0 Å². The number of amides is 1. The molecule has 2 aromatic rings. The number of carbonyl (C=O) groups is 1. The van der Waals surface area contributed by atoms with Crippen LogP contribution in [0.1, 0.15) is 20.8 Å². The fraction of sp³-hybridized carbons (Fsp3) is 0.316. The van der Waals surface area contributed by atoms with Gasteiger partial charge in [0.15, 0.2) is 0 Å². The lowest BCUT2D eigenvalue weighted by atomic mass is 10.3. The summed E-state index contributed by atoms with van der Waals surface area (Å²) in [4.78, 5) is 13.5. The number of nitrogens with one attached hydrogen (secondary N) is 1. The molecular weight excluding hydrogens is 404 g/mol. The average Bonchev–Trinajstić information content (AvgIpc) is 2.64. The van der Waals surface area contributed by atoms with E-state index >= 15 is 0 Å². The van der Waals surface area contributed by atoms with Crippen LogP contribution in [0.2, 0.25) is 5.02 Å². The number of sulfonamides is 1. The largest absolute Gasteiger partial charge is 0.325 e. The van der Waals surface area contributed by atoms with Gasteiger partial charge in [-0.3, -0.25) is 4.79 Å². The van der Waals surface area contributed by atoms with Crippen molar-refractivity contribution < 1.29 is 13.2 Å². The standard InChI is InChI=1S/C19H23ClN2O3S2/c1-4-22(5-2)27(24,25)18-12-8-16(9-13-18)21-19(23)14(3)26-17-10-6-15(20)7-11-17/h6-14H,4-5H2,1-3H3,(H,21,23). The summed E-state index contributed by atoms with van der Waals surface area (Å²) in [6.07, 6.45) is 0. The van der Waals surface area contributed by atoms with Gasteiger partial charge in [0.1, 0.15) is 0 Å². The van der Waals surface area contributed by atoms with Crippen molar-refractivity contribution in [2.45, 2.75) is 35.8 Å². The summed E-state index contributed by atoms with van der Waals surface area (Å²) in [5.41, 5.74) is 0.557. The lowest BCUT2D eigenvalue weighted by Gasteiger charge is -2.18. The molecule has 0 aliphatic heterocycles. The van der Waals surface area contributed by atoms with Gasteiger partial charge in [-0.1, -0.05) is 25.4 Å². The Hall–Kier alpha value is -1.54. The lowest BCUT2D eigenvalue weighted by molar-refractivity contribution is -0.115. The van der Waals surface area contributed by atoms with Crippen LogP contribution in [-0.2, 0) is 14.8 Å². The molecule has 0 radical (unpaired) electrons. The monoisotopic (exact) mass is 426 g/mol. The van der Waals surface area contributed by atoms with Crippen LogP contribution in [-0.4, -0.2) is 37.0 Å². The molecule has 0 fully saturated rings. The molecule has 0 heterocycles. The quantitative estimate of drug-likeness (QED) is 0.631. The minimum Gasteiger partial charge on any atom is -0.325 e. The Morgan fingerprint density at radius 1 is 1.07 bits per heavy atom. The molecule has 1 N–H and O–H groups in total. The highest BCUT2D eigenvalue weighted by Crippen LogP contribution is 2.26. The highest BCUT2D eigenvalue weighted by molar-refractivity contribution is 8.00. The molecule has 2 rings (SSSR count). The fourth-order valence-corrected chi connectivity index (χ4v) is 4.89. The second-order valence-electron chi connectivity index (χ2n) is 5.82. The zero-order valence-corrected chi connectivity index (χ0v) is 17.9. The maximum Gasteiger partial charge on any atom is 0.243 e. The molecule has 1 unspecified atom stereocenters. The van der Waals surface area contributed by atoms with Gasteiger partial charge in [-0.2, -0.15) is 4.31 Å². The van der Waals surface area contributed by atoms with E-state index in [0.29, 0.717) is 23.8 Å². The minimum atomic E-state index is -3.50. The van der Waals surface area contributed by atoms with E-state index in [4.69, 9.17) is 11.6 Å². The number of thioether (sulfide) groups is 1. The first kappa shape index (κ1) is 21.8.